The third-order valence-corrected chi connectivity index (χ3v) is 4.03. The van der Waals surface area contributed by atoms with Gasteiger partial charge < -0.3 is 15.0 Å². The molecule has 3 atom stereocenters. The lowest BCUT2D eigenvalue weighted by atomic mass is 9.91. The molecule has 1 N–H and O–H groups in total. The molecule has 2 aliphatic heterocycles. The van der Waals surface area contributed by atoms with Gasteiger partial charge in [-0.25, -0.2) is 0 Å². The second kappa shape index (κ2) is 8.08. The summed E-state index contributed by atoms with van der Waals surface area (Å²) in [6.07, 6.45) is 4.41. The van der Waals surface area contributed by atoms with Crippen molar-refractivity contribution >= 4 is 18.3 Å². The molecule has 1 amide bonds. The summed E-state index contributed by atoms with van der Waals surface area (Å²) >= 11 is 0. The van der Waals surface area contributed by atoms with Gasteiger partial charge in [-0.2, -0.15) is 0 Å². The van der Waals surface area contributed by atoms with E-state index >= 15 is 0 Å². The fraction of sp³-hybridized carbons (Fsp3) is 0.929. The van der Waals surface area contributed by atoms with Crippen LogP contribution >= 0.6 is 12.4 Å². The van der Waals surface area contributed by atoms with Gasteiger partial charge in [0, 0.05) is 25.0 Å². The van der Waals surface area contributed by atoms with Crippen molar-refractivity contribution in [2.75, 3.05) is 26.2 Å². The number of piperidine rings is 1. The molecule has 1 unspecified atom stereocenters. The molecule has 0 saturated carbocycles. The van der Waals surface area contributed by atoms with Crippen LogP contribution in [0, 0.1) is 5.92 Å². The van der Waals surface area contributed by atoms with Crippen molar-refractivity contribution in [3.63, 3.8) is 0 Å². The third-order valence-electron chi connectivity index (χ3n) is 4.03. The van der Waals surface area contributed by atoms with Crippen molar-refractivity contribution < 1.29 is 9.53 Å². The van der Waals surface area contributed by atoms with Crippen LogP contribution < -0.4 is 5.32 Å². The lowest BCUT2D eigenvalue weighted by molar-refractivity contribution is -0.144. The number of carbonyl (C=O) groups is 1. The second-order valence-corrected chi connectivity index (χ2v) is 5.64. The summed E-state index contributed by atoms with van der Waals surface area (Å²) in [5, 5.41) is 3.40. The summed E-state index contributed by atoms with van der Waals surface area (Å²) in [4.78, 5) is 14.5. The topological polar surface area (TPSA) is 41.6 Å². The zero-order chi connectivity index (χ0) is 13.0. The minimum Gasteiger partial charge on any atom is -0.375 e. The molecule has 0 aromatic heterocycles. The molecule has 0 spiro atoms. The Hall–Kier alpha value is -0.320. The normalized spacial score (nSPS) is 31.7. The van der Waals surface area contributed by atoms with E-state index < -0.39 is 0 Å². The van der Waals surface area contributed by atoms with Crippen LogP contribution in [-0.4, -0.2) is 49.2 Å². The van der Waals surface area contributed by atoms with Crippen LogP contribution in [-0.2, 0) is 9.53 Å². The minimum atomic E-state index is 0. The summed E-state index contributed by atoms with van der Waals surface area (Å²) in [6.45, 7) is 7.58. The van der Waals surface area contributed by atoms with Crippen molar-refractivity contribution in [3.8, 4) is 0 Å². The Morgan fingerprint density at radius 2 is 2.26 bits per heavy atom. The highest BCUT2D eigenvalue weighted by molar-refractivity contribution is 5.85. The standard InChI is InChI=1S/C14H26N2O2.ClH/c1-3-4-13-10-16(7-8-18-13)14(17)12-5-6-15-11(2)9-12;/h11-13,15H,3-10H2,1-2H3;1H/t11-,12-,13?;/m0./s1. The van der Waals surface area contributed by atoms with Gasteiger partial charge in [0.2, 0.25) is 5.91 Å². The van der Waals surface area contributed by atoms with E-state index in [0.29, 0.717) is 18.6 Å². The molecule has 0 bridgehead atoms. The van der Waals surface area contributed by atoms with Crippen LogP contribution in [0.3, 0.4) is 0 Å². The van der Waals surface area contributed by atoms with Crippen LogP contribution in [0.4, 0.5) is 0 Å². The number of nitrogens with one attached hydrogen (secondary N) is 1. The van der Waals surface area contributed by atoms with Gasteiger partial charge in [-0.1, -0.05) is 13.3 Å². The Labute approximate surface area is 122 Å². The van der Waals surface area contributed by atoms with Crippen molar-refractivity contribution in [1.29, 1.82) is 0 Å². The van der Waals surface area contributed by atoms with E-state index in [9.17, 15) is 4.79 Å². The van der Waals surface area contributed by atoms with Gasteiger partial charge in [0.1, 0.15) is 0 Å². The molecule has 2 aliphatic rings. The minimum absolute atomic E-state index is 0. The van der Waals surface area contributed by atoms with Gasteiger partial charge in [-0.05, 0) is 32.7 Å². The number of ether oxygens (including phenoxy) is 1. The maximum Gasteiger partial charge on any atom is 0.225 e. The largest absolute Gasteiger partial charge is 0.375 e. The number of morpholine rings is 1. The third kappa shape index (κ3) is 4.62. The zero-order valence-corrected chi connectivity index (χ0v) is 12.9. The van der Waals surface area contributed by atoms with E-state index in [0.717, 1.165) is 45.3 Å². The molecule has 2 fully saturated rings. The second-order valence-electron chi connectivity index (χ2n) is 5.64. The van der Waals surface area contributed by atoms with E-state index in [1.54, 1.807) is 0 Å². The van der Waals surface area contributed by atoms with Gasteiger partial charge in [-0.3, -0.25) is 4.79 Å². The maximum atomic E-state index is 12.5. The van der Waals surface area contributed by atoms with E-state index in [-0.39, 0.29) is 24.4 Å². The Morgan fingerprint density at radius 3 is 2.95 bits per heavy atom. The number of hydrogen-bond acceptors (Lipinski definition) is 3. The zero-order valence-electron chi connectivity index (χ0n) is 12.1. The Morgan fingerprint density at radius 1 is 1.47 bits per heavy atom. The van der Waals surface area contributed by atoms with E-state index in [1.165, 1.54) is 0 Å². The molecule has 0 radical (unpaired) electrons. The SMILES string of the molecule is CCCC1CN(C(=O)[C@H]2CCN[C@@H](C)C2)CCO1.Cl. The highest BCUT2D eigenvalue weighted by Gasteiger charge is 2.31. The lowest BCUT2D eigenvalue weighted by Crippen LogP contribution is -2.50. The van der Waals surface area contributed by atoms with Crippen molar-refractivity contribution in [2.45, 2.75) is 51.7 Å². The highest BCUT2D eigenvalue weighted by Crippen LogP contribution is 2.21. The summed E-state index contributed by atoms with van der Waals surface area (Å²) < 4.78 is 5.70. The molecule has 19 heavy (non-hydrogen) atoms. The number of carbonyl (C=O) groups excluding carboxylic acids is 1. The van der Waals surface area contributed by atoms with Gasteiger partial charge in [-0.15, -0.1) is 12.4 Å². The van der Waals surface area contributed by atoms with Gasteiger partial charge in [0.25, 0.3) is 0 Å². The smallest absolute Gasteiger partial charge is 0.225 e. The number of nitrogens with zero attached hydrogens (tertiary/aromatic N) is 1. The maximum absolute atomic E-state index is 12.5. The number of amides is 1. The number of rotatable bonds is 3. The van der Waals surface area contributed by atoms with E-state index in [1.807, 2.05) is 4.90 Å². The van der Waals surface area contributed by atoms with E-state index in [4.69, 9.17) is 4.74 Å². The average Bonchev–Trinajstić information content (AvgIpc) is 2.39. The molecule has 2 heterocycles. The summed E-state index contributed by atoms with van der Waals surface area (Å²) in [7, 11) is 0. The van der Waals surface area contributed by atoms with Crippen LogP contribution in [0.15, 0.2) is 0 Å². The Bertz CT molecular complexity index is 287. The molecule has 0 aromatic rings. The number of halogens is 1. The number of hydrogen-bond donors (Lipinski definition) is 1. The Kier molecular flexibility index (Phi) is 7.11. The lowest BCUT2D eigenvalue weighted by Gasteiger charge is -2.37. The van der Waals surface area contributed by atoms with Crippen molar-refractivity contribution in [1.82, 2.24) is 10.2 Å². The molecule has 2 rings (SSSR count). The van der Waals surface area contributed by atoms with Crippen molar-refractivity contribution in [2.24, 2.45) is 5.92 Å². The van der Waals surface area contributed by atoms with Gasteiger partial charge in [0.15, 0.2) is 0 Å². The van der Waals surface area contributed by atoms with E-state index in [2.05, 4.69) is 19.2 Å². The van der Waals surface area contributed by atoms with Crippen LogP contribution in [0.1, 0.15) is 39.5 Å². The molecule has 0 aromatic carbocycles. The molecular formula is C14H27ClN2O2. The Balaban J connectivity index is 0.00000180. The first-order valence-corrected chi connectivity index (χ1v) is 7.34. The summed E-state index contributed by atoms with van der Waals surface area (Å²) in [5.74, 6) is 0.578. The molecule has 0 aliphatic carbocycles. The fourth-order valence-corrected chi connectivity index (χ4v) is 3.03. The first-order chi connectivity index (χ1) is 8.70. The predicted molar refractivity (Wildman–Crippen MR) is 78.7 cm³/mol. The molecular weight excluding hydrogens is 264 g/mol. The van der Waals surface area contributed by atoms with Gasteiger partial charge >= 0.3 is 0 Å². The van der Waals surface area contributed by atoms with Crippen LogP contribution in [0.5, 0.6) is 0 Å². The first-order valence-electron chi connectivity index (χ1n) is 7.34. The molecule has 2 saturated heterocycles. The van der Waals surface area contributed by atoms with Crippen LogP contribution in [0.25, 0.3) is 0 Å². The first kappa shape index (κ1) is 16.7. The van der Waals surface area contributed by atoms with Gasteiger partial charge in [0.05, 0.1) is 12.7 Å². The van der Waals surface area contributed by atoms with Crippen molar-refractivity contribution in [3.05, 3.63) is 0 Å². The molecule has 5 heteroatoms. The average molecular weight is 291 g/mol. The molecule has 4 nitrogen and oxygen atoms in total. The highest BCUT2D eigenvalue weighted by atomic mass is 35.5. The summed E-state index contributed by atoms with van der Waals surface area (Å²) in [5.41, 5.74) is 0. The van der Waals surface area contributed by atoms with Crippen LogP contribution in [0.2, 0.25) is 0 Å². The fourth-order valence-electron chi connectivity index (χ4n) is 3.03. The monoisotopic (exact) mass is 290 g/mol. The molecule has 112 valence electrons. The summed E-state index contributed by atoms with van der Waals surface area (Å²) in [6, 6.07) is 0.472. The quantitative estimate of drug-likeness (QED) is 0.862. The predicted octanol–water partition coefficient (Wildman–Crippen LogP) is 1.82.